The normalized spacial score (nSPS) is 11.7. The van der Waals surface area contributed by atoms with Gasteiger partial charge in [-0.25, -0.2) is 4.98 Å². The van der Waals surface area contributed by atoms with Gasteiger partial charge in [-0.05, 0) is 38.8 Å². The quantitative estimate of drug-likeness (QED) is 0.815. The predicted octanol–water partition coefficient (Wildman–Crippen LogP) is 4.13. The Morgan fingerprint density at radius 2 is 1.95 bits per heavy atom. The third-order valence-electron chi connectivity index (χ3n) is 3.05. The highest BCUT2D eigenvalue weighted by molar-refractivity contribution is 6.42. The zero-order valence-electron chi connectivity index (χ0n) is 11.7. The van der Waals surface area contributed by atoms with E-state index in [1.807, 2.05) is 24.5 Å². The lowest BCUT2D eigenvalue weighted by atomic mass is 10.3. The maximum Gasteiger partial charge on any atom is 0.201 e. The van der Waals surface area contributed by atoms with Gasteiger partial charge in [-0.3, -0.25) is 0 Å². The van der Waals surface area contributed by atoms with Crippen LogP contribution in [0.25, 0.3) is 11.0 Å². The highest BCUT2D eigenvalue weighted by Gasteiger charge is 2.10. The minimum atomic E-state index is 0.273. The van der Waals surface area contributed by atoms with Crippen molar-refractivity contribution in [2.45, 2.75) is 39.3 Å². The summed E-state index contributed by atoms with van der Waals surface area (Å²) < 4.78 is 7.48. The van der Waals surface area contributed by atoms with E-state index in [9.17, 15) is 0 Å². The summed E-state index contributed by atoms with van der Waals surface area (Å²) in [5.41, 5.74) is 7.64. The fraction of sp³-hybridized carbons (Fsp3) is 0.500. The van der Waals surface area contributed by atoms with Crippen LogP contribution >= 0.6 is 23.2 Å². The van der Waals surface area contributed by atoms with E-state index in [-0.39, 0.29) is 6.10 Å². The average molecular weight is 316 g/mol. The van der Waals surface area contributed by atoms with Crippen molar-refractivity contribution in [3.63, 3.8) is 0 Å². The van der Waals surface area contributed by atoms with Gasteiger partial charge in [0.15, 0.2) is 0 Å². The van der Waals surface area contributed by atoms with Crippen LogP contribution in [0.15, 0.2) is 12.1 Å². The monoisotopic (exact) mass is 315 g/mol. The lowest BCUT2D eigenvalue weighted by Crippen LogP contribution is -2.07. The summed E-state index contributed by atoms with van der Waals surface area (Å²) in [7, 11) is 0. The number of benzene rings is 1. The second kappa shape index (κ2) is 6.66. The van der Waals surface area contributed by atoms with Gasteiger partial charge >= 0.3 is 0 Å². The van der Waals surface area contributed by atoms with E-state index in [1.165, 1.54) is 0 Å². The van der Waals surface area contributed by atoms with Gasteiger partial charge in [0.2, 0.25) is 5.95 Å². The molecule has 20 heavy (non-hydrogen) atoms. The van der Waals surface area contributed by atoms with Gasteiger partial charge < -0.3 is 15.0 Å². The molecule has 0 unspecified atom stereocenters. The summed E-state index contributed by atoms with van der Waals surface area (Å²) >= 11 is 12.0. The predicted molar refractivity (Wildman–Crippen MR) is 84.5 cm³/mol. The number of imidazole rings is 1. The van der Waals surface area contributed by atoms with Gasteiger partial charge in [-0.15, -0.1) is 0 Å². The Labute approximate surface area is 128 Å². The molecule has 2 N–H and O–H groups in total. The van der Waals surface area contributed by atoms with Crippen LogP contribution in [0.3, 0.4) is 0 Å². The number of nitrogens with two attached hydrogens (primary N) is 1. The molecular weight excluding hydrogens is 297 g/mol. The highest BCUT2D eigenvalue weighted by atomic mass is 35.5. The first-order valence-corrected chi connectivity index (χ1v) is 7.47. The van der Waals surface area contributed by atoms with Crippen molar-refractivity contribution in [3.05, 3.63) is 22.2 Å². The van der Waals surface area contributed by atoms with Crippen molar-refractivity contribution in [2.75, 3.05) is 12.3 Å². The molecule has 0 spiro atoms. The fourth-order valence-electron chi connectivity index (χ4n) is 2.06. The Balaban J connectivity index is 2.06. The van der Waals surface area contributed by atoms with E-state index in [0.717, 1.165) is 37.0 Å². The molecule has 0 amide bonds. The zero-order chi connectivity index (χ0) is 14.7. The molecule has 2 rings (SSSR count). The Morgan fingerprint density at radius 3 is 2.65 bits per heavy atom. The number of hydrogen-bond acceptors (Lipinski definition) is 3. The van der Waals surface area contributed by atoms with Gasteiger partial charge in [0, 0.05) is 13.2 Å². The minimum Gasteiger partial charge on any atom is -0.379 e. The molecule has 1 aromatic carbocycles. The molecule has 2 aromatic rings. The number of hydrogen-bond donors (Lipinski definition) is 1. The Hall–Kier alpha value is -0.970. The molecule has 0 radical (unpaired) electrons. The molecule has 0 saturated heterocycles. The lowest BCUT2D eigenvalue weighted by molar-refractivity contribution is 0.0755. The number of anilines is 1. The molecule has 4 nitrogen and oxygen atoms in total. The van der Waals surface area contributed by atoms with Crippen molar-refractivity contribution in [1.29, 1.82) is 0 Å². The lowest BCUT2D eigenvalue weighted by Gasteiger charge is -2.09. The number of ether oxygens (including phenoxy) is 1. The van der Waals surface area contributed by atoms with Gasteiger partial charge in [0.05, 0.1) is 27.2 Å². The van der Waals surface area contributed by atoms with Crippen molar-refractivity contribution in [2.24, 2.45) is 0 Å². The number of fused-ring (bicyclic) bond motifs is 1. The molecule has 0 atom stereocenters. The summed E-state index contributed by atoms with van der Waals surface area (Å²) in [6, 6.07) is 3.56. The van der Waals surface area contributed by atoms with Crippen molar-refractivity contribution in [1.82, 2.24) is 9.55 Å². The molecule has 1 aromatic heterocycles. The summed E-state index contributed by atoms with van der Waals surface area (Å²) in [5.74, 6) is 0.489. The van der Waals surface area contributed by atoms with Gasteiger partial charge in [-0.1, -0.05) is 23.2 Å². The molecule has 0 aliphatic heterocycles. The molecule has 0 aliphatic carbocycles. The Kier molecular flexibility index (Phi) is 5.13. The topological polar surface area (TPSA) is 53.1 Å². The van der Waals surface area contributed by atoms with Crippen LogP contribution in [0.2, 0.25) is 10.0 Å². The van der Waals surface area contributed by atoms with E-state index in [4.69, 9.17) is 33.7 Å². The van der Waals surface area contributed by atoms with Crippen LogP contribution < -0.4 is 5.73 Å². The van der Waals surface area contributed by atoms with Gasteiger partial charge in [0.25, 0.3) is 0 Å². The first-order chi connectivity index (χ1) is 9.49. The number of halogens is 2. The van der Waals surface area contributed by atoms with Crippen LogP contribution in [0.1, 0.15) is 26.7 Å². The van der Waals surface area contributed by atoms with E-state index < -0.39 is 0 Å². The first-order valence-electron chi connectivity index (χ1n) is 6.71. The molecule has 0 fully saturated rings. The zero-order valence-corrected chi connectivity index (χ0v) is 13.2. The highest BCUT2D eigenvalue weighted by Crippen LogP contribution is 2.29. The van der Waals surface area contributed by atoms with Crippen molar-refractivity contribution >= 4 is 40.2 Å². The van der Waals surface area contributed by atoms with E-state index >= 15 is 0 Å². The standard InChI is InChI=1S/C14H19Cl2N3O/c1-9(2)20-6-4-3-5-19-13-8-11(16)10(15)7-12(13)18-14(19)17/h7-9H,3-6H2,1-2H3,(H2,17,18). The van der Waals surface area contributed by atoms with Crippen LogP contribution in [-0.2, 0) is 11.3 Å². The molecule has 6 heteroatoms. The Morgan fingerprint density at radius 1 is 1.25 bits per heavy atom. The van der Waals surface area contributed by atoms with Crippen LogP contribution in [0, 0.1) is 0 Å². The molecule has 0 saturated carbocycles. The number of unbranched alkanes of at least 4 members (excludes halogenated alkanes) is 1. The number of aryl methyl sites for hydroxylation is 1. The molecule has 0 aliphatic rings. The van der Waals surface area contributed by atoms with Gasteiger partial charge in [-0.2, -0.15) is 0 Å². The Bertz CT molecular complexity index is 596. The number of nitrogen functional groups attached to an aromatic ring is 1. The second-order valence-electron chi connectivity index (χ2n) is 5.00. The average Bonchev–Trinajstić information content (AvgIpc) is 2.65. The number of nitrogens with zero attached hydrogens (tertiary/aromatic N) is 2. The van der Waals surface area contributed by atoms with Gasteiger partial charge in [0.1, 0.15) is 0 Å². The largest absolute Gasteiger partial charge is 0.379 e. The smallest absolute Gasteiger partial charge is 0.201 e. The van der Waals surface area contributed by atoms with E-state index in [0.29, 0.717) is 16.0 Å². The minimum absolute atomic E-state index is 0.273. The number of rotatable bonds is 6. The maximum absolute atomic E-state index is 6.05. The van der Waals surface area contributed by atoms with E-state index in [1.54, 1.807) is 6.07 Å². The van der Waals surface area contributed by atoms with Crippen LogP contribution in [-0.4, -0.2) is 22.3 Å². The molecular formula is C14H19Cl2N3O. The maximum atomic E-state index is 6.05. The summed E-state index contributed by atoms with van der Waals surface area (Å²) in [4.78, 5) is 4.31. The number of aromatic nitrogens is 2. The fourth-order valence-corrected chi connectivity index (χ4v) is 2.38. The third-order valence-corrected chi connectivity index (χ3v) is 3.77. The second-order valence-corrected chi connectivity index (χ2v) is 5.82. The van der Waals surface area contributed by atoms with Crippen LogP contribution in [0.4, 0.5) is 5.95 Å². The first kappa shape index (κ1) is 15.4. The molecule has 0 bridgehead atoms. The molecule has 110 valence electrons. The van der Waals surface area contributed by atoms with Crippen molar-refractivity contribution in [3.8, 4) is 0 Å². The van der Waals surface area contributed by atoms with Crippen molar-refractivity contribution < 1.29 is 4.74 Å². The summed E-state index contributed by atoms with van der Waals surface area (Å²) in [5, 5.41) is 1.01. The molecule has 1 heterocycles. The summed E-state index contributed by atoms with van der Waals surface area (Å²) in [6.07, 6.45) is 2.23. The summed E-state index contributed by atoms with van der Waals surface area (Å²) in [6.45, 7) is 5.62. The SMILES string of the molecule is CC(C)OCCCCn1c(N)nc2cc(Cl)c(Cl)cc21. The van der Waals surface area contributed by atoms with Crippen LogP contribution in [0.5, 0.6) is 0 Å². The third kappa shape index (κ3) is 3.57. The van der Waals surface area contributed by atoms with E-state index in [2.05, 4.69) is 4.98 Å².